The van der Waals surface area contributed by atoms with Crippen molar-refractivity contribution in [2.24, 2.45) is 0 Å². The highest BCUT2D eigenvalue weighted by Crippen LogP contribution is 2.34. The summed E-state index contributed by atoms with van der Waals surface area (Å²) in [6.45, 7) is 1.86. The summed E-state index contributed by atoms with van der Waals surface area (Å²) in [5.74, 6) is 1.17. The first-order valence-electron chi connectivity index (χ1n) is 8.29. The normalized spacial score (nSPS) is 11.9. The maximum Gasteiger partial charge on any atom is 0.461 e. The molecular formula is C18H17F4N3O3S. The molecule has 0 aliphatic carbocycles. The zero-order chi connectivity index (χ0) is 21.2. The molecule has 156 valence electrons. The molecule has 6 nitrogen and oxygen atoms in total. The molecule has 0 atom stereocenters. The second-order valence-electron chi connectivity index (χ2n) is 5.91. The Morgan fingerprint density at radius 2 is 1.97 bits per heavy atom. The van der Waals surface area contributed by atoms with Crippen LogP contribution in [0, 0.1) is 6.92 Å². The number of nitrogens with one attached hydrogen (secondary N) is 1. The predicted octanol–water partition coefficient (Wildman–Crippen LogP) is 4.81. The van der Waals surface area contributed by atoms with Crippen LogP contribution in [0.3, 0.4) is 0 Å². The van der Waals surface area contributed by atoms with E-state index in [1.54, 1.807) is 6.20 Å². The Bertz CT molecular complexity index is 1010. The lowest BCUT2D eigenvalue weighted by Crippen LogP contribution is -2.33. The molecule has 0 saturated carbocycles. The van der Waals surface area contributed by atoms with E-state index < -0.39 is 18.3 Å². The number of hydrogen-bond acceptors (Lipinski definition) is 6. The zero-order valence-corrected chi connectivity index (χ0v) is 16.4. The van der Waals surface area contributed by atoms with E-state index >= 15 is 0 Å². The number of halogens is 4. The molecule has 0 unspecified atom stereocenters. The van der Waals surface area contributed by atoms with E-state index in [-0.39, 0.29) is 0 Å². The number of H-pyrrole nitrogens is 1. The number of ether oxygens (including phenoxy) is 3. The van der Waals surface area contributed by atoms with Gasteiger partial charge in [0.25, 0.3) is 0 Å². The summed E-state index contributed by atoms with van der Waals surface area (Å²) in [5, 5.41) is 0.508. The summed E-state index contributed by atoms with van der Waals surface area (Å²) in [6, 6.07) is 3.78. The van der Waals surface area contributed by atoms with Gasteiger partial charge in [-0.05, 0) is 19.1 Å². The lowest BCUT2D eigenvalue weighted by Gasteiger charge is -2.16. The van der Waals surface area contributed by atoms with E-state index in [4.69, 9.17) is 9.47 Å². The molecule has 29 heavy (non-hydrogen) atoms. The molecule has 0 fully saturated rings. The van der Waals surface area contributed by atoms with Crippen LogP contribution in [0.1, 0.15) is 11.3 Å². The Morgan fingerprint density at radius 1 is 1.21 bits per heavy atom. The smallest absolute Gasteiger partial charge is 0.461 e. The minimum Gasteiger partial charge on any atom is -0.492 e. The fraction of sp³-hybridized carbons (Fsp3) is 0.333. The van der Waals surface area contributed by atoms with Crippen molar-refractivity contribution in [2.75, 3.05) is 14.2 Å². The van der Waals surface area contributed by atoms with E-state index in [9.17, 15) is 17.6 Å². The number of hydrogen-bond donors (Lipinski definition) is 1. The summed E-state index contributed by atoms with van der Waals surface area (Å²) >= 11 is 1.34. The first-order valence-corrected chi connectivity index (χ1v) is 9.27. The number of aromatic amines is 1. The van der Waals surface area contributed by atoms with Gasteiger partial charge in [0.2, 0.25) is 0 Å². The van der Waals surface area contributed by atoms with Crippen molar-refractivity contribution < 1.29 is 31.8 Å². The van der Waals surface area contributed by atoms with Crippen molar-refractivity contribution in [3.63, 3.8) is 0 Å². The number of imidazole rings is 1. The number of benzene rings is 1. The highest BCUT2D eigenvalue weighted by Gasteiger charge is 2.44. The molecule has 0 radical (unpaired) electrons. The number of fused-ring (bicyclic) bond motifs is 1. The molecule has 0 saturated heterocycles. The lowest BCUT2D eigenvalue weighted by molar-refractivity contribution is -0.253. The molecule has 0 spiro atoms. The van der Waals surface area contributed by atoms with E-state index in [1.165, 1.54) is 44.2 Å². The van der Waals surface area contributed by atoms with Crippen LogP contribution in [0.2, 0.25) is 0 Å². The molecule has 3 aromatic rings. The van der Waals surface area contributed by atoms with Gasteiger partial charge in [-0.2, -0.15) is 17.6 Å². The maximum absolute atomic E-state index is 13.1. The Hall–Kier alpha value is -2.69. The van der Waals surface area contributed by atoms with Gasteiger partial charge in [0.15, 0.2) is 16.7 Å². The molecule has 0 aliphatic rings. The molecule has 0 bridgehead atoms. The summed E-state index contributed by atoms with van der Waals surface area (Å²) in [7, 11) is 3.06. The predicted molar refractivity (Wildman–Crippen MR) is 99.3 cm³/mol. The van der Waals surface area contributed by atoms with Gasteiger partial charge < -0.3 is 19.2 Å². The second kappa shape index (κ2) is 8.36. The number of rotatable bonds is 8. The average Bonchev–Trinajstić information content (AvgIpc) is 3.08. The van der Waals surface area contributed by atoms with Crippen LogP contribution in [-0.4, -0.2) is 41.7 Å². The van der Waals surface area contributed by atoms with Crippen molar-refractivity contribution in [1.82, 2.24) is 15.0 Å². The molecule has 0 amide bonds. The zero-order valence-electron chi connectivity index (χ0n) is 15.6. The molecule has 1 N–H and O–H groups in total. The summed E-state index contributed by atoms with van der Waals surface area (Å²) in [4.78, 5) is 11.7. The number of nitrogens with zero attached hydrogens (tertiary/aromatic N) is 2. The van der Waals surface area contributed by atoms with Gasteiger partial charge in [-0.3, -0.25) is 4.98 Å². The Labute approximate surface area is 167 Å². The Balaban J connectivity index is 1.76. The van der Waals surface area contributed by atoms with E-state index in [2.05, 4.69) is 19.7 Å². The molecule has 3 rings (SSSR count). The maximum atomic E-state index is 13.1. The third kappa shape index (κ3) is 4.50. The SMILES string of the molecule is COc1cnc(CSc2nc3cc(OC(F)(F)C(F)F)ccc3[nH]2)c(C)c1OC. The highest BCUT2D eigenvalue weighted by atomic mass is 32.2. The summed E-state index contributed by atoms with van der Waals surface area (Å²) < 4.78 is 65.4. The third-order valence-electron chi connectivity index (χ3n) is 4.05. The van der Waals surface area contributed by atoms with Gasteiger partial charge in [-0.25, -0.2) is 4.98 Å². The average molecular weight is 431 g/mol. The van der Waals surface area contributed by atoms with Gasteiger partial charge >= 0.3 is 12.5 Å². The van der Waals surface area contributed by atoms with Gasteiger partial charge in [-0.1, -0.05) is 11.8 Å². The molecular weight excluding hydrogens is 414 g/mol. The van der Waals surface area contributed by atoms with Crippen molar-refractivity contribution in [2.45, 2.75) is 30.4 Å². The van der Waals surface area contributed by atoms with Gasteiger partial charge in [0.1, 0.15) is 5.75 Å². The van der Waals surface area contributed by atoms with E-state index in [1.807, 2.05) is 6.92 Å². The minimum atomic E-state index is -4.57. The third-order valence-corrected chi connectivity index (χ3v) is 4.93. The molecule has 2 aromatic heterocycles. The van der Waals surface area contributed by atoms with Crippen molar-refractivity contribution in [3.8, 4) is 17.2 Å². The molecule has 2 heterocycles. The monoisotopic (exact) mass is 431 g/mol. The van der Waals surface area contributed by atoms with Crippen molar-refractivity contribution in [3.05, 3.63) is 35.7 Å². The number of pyridine rings is 1. The Kier molecular flexibility index (Phi) is 6.06. The number of thioether (sulfide) groups is 1. The second-order valence-corrected chi connectivity index (χ2v) is 6.87. The van der Waals surface area contributed by atoms with Crippen LogP contribution in [0.15, 0.2) is 29.6 Å². The largest absolute Gasteiger partial charge is 0.492 e. The fourth-order valence-electron chi connectivity index (χ4n) is 2.58. The quantitative estimate of drug-likeness (QED) is 0.408. The number of methoxy groups -OCH3 is 2. The van der Waals surface area contributed by atoms with Crippen LogP contribution in [-0.2, 0) is 5.75 Å². The fourth-order valence-corrected chi connectivity index (χ4v) is 3.49. The van der Waals surface area contributed by atoms with Crippen molar-refractivity contribution in [1.29, 1.82) is 0 Å². The van der Waals surface area contributed by atoms with E-state index in [0.717, 1.165) is 11.3 Å². The number of aromatic nitrogens is 3. The highest BCUT2D eigenvalue weighted by molar-refractivity contribution is 7.98. The van der Waals surface area contributed by atoms with Gasteiger partial charge in [0.05, 0.1) is 37.1 Å². The molecule has 1 aromatic carbocycles. The van der Waals surface area contributed by atoms with Crippen molar-refractivity contribution >= 4 is 22.8 Å². The molecule has 11 heteroatoms. The Morgan fingerprint density at radius 3 is 2.62 bits per heavy atom. The topological polar surface area (TPSA) is 69.3 Å². The lowest BCUT2D eigenvalue weighted by atomic mass is 10.2. The number of alkyl halides is 4. The summed E-state index contributed by atoms with van der Waals surface area (Å²) in [5.41, 5.74) is 2.44. The van der Waals surface area contributed by atoms with Gasteiger partial charge in [-0.15, -0.1) is 0 Å². The van der Waals surface area contributed by atoms with Crippen LogP contribution < -0.4 is 14.2 Å². The van der Waals surface area contributed by atoms with Crippen LogP contribution in [0.25, 0.3) is 11.0 Å². The van der Waals surface area contributed by atoms with Gasteiger partial charge in [0, 0.05) is 17.4 Å². The standard InChI is InChI=1S/C18H17F4N3O3S/c1-9-13(23-7-14(26-2)15(9)27-3)8-29-17-24-11-5-4-10(6-12(11)25-17)28-18(21,22)16(19)20/h4-7,16H,8H2,1-3H3,(H,24,25). The first kappa shape index (κ1) is 21.0. The van der Waals surface area contributed by atoms with Crippen LogP contribution in [0.4, 0.5) is 17.6 Å². The van der Waals surface area contributed by atoms with Crippen LogP contribution >= 0.6 is 11.8 Å². The summed E-state index contributed by atoms with van der Waals surface area (Å²) in [6.07, 6.45) is -6.94. The molecule has 0 aliphatic heterocycles. The first-order chi connectivity index (χ1) is 13.7. The minimum absolute atomic E-state index is 0.312. The van der Waals surface area contributed by atoms with Crippen LogP contribution in [0.5, 0.6) is 17.2 Å². The van der Waals surface area contributed by atoms with E-state index in [0.29, 0.717) is 33.4 Å².